The summed E-state index contributed by atoms with van der Waals surface area (Å²) in [7, 11) is 0. The van der Waals surface area contributed by atoms with Crippen LogP contribution < -0.4 is 5.73 Å². The molecular weight excluding hydrogens is 297 g/mol. The van der Waals surface area contributed by atoms with Gasteiger partial charge in [-0.3, -0.25) is 4.79 Å². The second kappa shape index (κ2) is 5.46. The number of carbonyl (C=O) groups is 1. The predicted octanol–water partition coefficient (Wildman–Crippen LogP) is 2.01. The van der Waals surface area contributed by atoms with Gasteiger partial charge in [0.25, 0.3) is 5.91 Å². The van der Waals surface area contributed by atoms with Crippen molar-refractivity contribution in [3.8, 4) is 5.75 Å². The highest BCUT2D eigenvalue weighted by Crippen LogP contribution is 2.36. The van der Waals surface area contributed by atoms with E-state index in [-0.39, 0.29) is 17.9 Å². The molecule has 1 saturated heterocycles. The molecule has 1 aromatic carbocycles. The Kier molecular flexibility index (Phi) is 3.76. The van der Waals surface area contributed by atoms with Gasteiger partial charge in [-0.2, -0.15) is 4.39 Å². The van der Waals surface area contributed by atoms with E-state index >= 15 is 0 Å². The maximum atomic E-state index is 13.9. The Hall–Kier alpha value is -1.76. The van der Waals surface area contributed by atoms with Gasteiger partial charge in [0.05, 0.1) is 5.56 Å². The molecule has 22 heavy (non-hydrogen) atoms. The minimum Gasteiger partial charge on any atom is -0.503 e. The Balaban J connectivity index is 1.87. The van der Waals surface area contributed by atoms with Gasteiger partial charge in [0.1, 0.15) is 0 Å². The number of aromatic hydroxyl groups is 1. The summed E-state index contributed by atoms with van der Waals surface area (Å²) in [5.41, 5.74) is 5.41. The normalized spacial score (nSPS) is 27.8. The van der Waals surface area contributed by atoms with Crippen molar-refractivity contribution < 1.29 is 23.1 Å². The van der Waals surface area contributed by atoms with Gasteiger partial charge < -0.3 is 15.7 Å². The largest absolute Gasteiger partial charge is 0.503 e. The number of amides is 1. The van der Waals surface area contributed by atoms with Crippen molar-refractivity contribution in [1.29, 1.82) is 0 Å². The van der Waals surface area contributed by atoms with Gasteiger partial charge in [0.2, 0.25) is 5.82 Å². The zero-order valence-electron chi connectivity index (χ0n) is 11.9. The molecule has 1 saturated carbocycles. The van der Waals surface area contributed by atoms with Crippen LogP contribution in [0.5, 0.6) is 5.75 Å². The van der Waals surface area contributed by atoms with Crippen LogP contribution in [0.15, 0.2) is 6.07 Å². The fraction of sp³-hybridized carbons (Fsp3) is 0.533. The Morgan fingerprint density at radius 3 is 2.64 bits per heavy atom. The van der Waals surface area contributed by atoms with E-state index < -0.39 is 34.7 Å². The molecule has 1 amide bonds. The van der Waals surface area contributed by atoms with E-state index in [0.717, 1.165) is 19.3 Å². The predicted molar refractivity (Wildman–Crippen MR) is 72.7 cm³/mol. The average molecular weight is 314 g/mol. The Labute approximate surface area is 125 Å². The molecule has 1 aromatic rings. The molecule has 0 bridgehead atoms. The number of likely N-dealkylation sites (tertiary alicyclic amines) is 1. The molecule has 7 heteroatoms. The lowest BCUT2D eigenvalue weighted by Crippen LogP contribution is -2.38. The summed E-state index contributed by atoms with van der Waals surface area (Å²) in [5, 5.41) is 9.23. The maximum absolute atomic E-state index is 13.9. The molecule has 2 aliphatic rings. The zero-order chi connectivity index (χ0) is 16.0. The second-order valence-electron chi connectivity index (χ2n) is 6.11. The Morgan fingerprint density at radius 1 is 1.23 bits per heavy atom. The minimum atomic E-state index is -1.69. The maximum Gasteiger partial charge on any atom is 0.257 e. The molecule has 120 valence electrons. The highest BCUT2D eigenvalue weighted by molar-refractivity contribution is 5.95. The summed E-state index contributed by atoms with van der Waals surface area (Å²) in [6.07, 6.45) is 2.84. The smallest absolute Gasteiger partial charge is 0.257 e. The van der Waals surface area contributed by atoms with Gasteiger partial charge in [-0.1, -0.05) is 6.42 Å². The van der Waals surface area contributed by atoms with Crippen LogP contribution in [-0.2, 0) is 0 Å². The van der Waals surface area contributed by atoms with E-state index in [2.05, 4.69) is 0 Å². The standard InChI is InChI=1S/C15H17F3N2O2/c16-10-4-8(12(17)14(21)13(10)18)15(22)20-5-7-2-1-3-11(19)9(7)6-20/h4,7,9,11,21H,1-3,5-6,19H2. The summed E-state index contributed by atoms with van der Waals surface area (Å²) < 4.78 is 40.3. The molecule has 2 fully saturated rings. The molecule has 0 aromatic heterocycles. The summed E-state index contributed by atoms with van der Waals surface area (Å²) in [5.74, 6) is -6.36. The first-order chi connectivity index (χ1) is 10.4. The number of halogens is 3. The van der Waals surface area contributed by atoms with Crippen LogP contribution in [0.3, 0.4) is 0 Å². The van der Waals surface area contributed by atoms with Crippen molar-refractivity contribution in [3.63, 3.8) is 0 Å². The molecular formula is C15H17F3N2O2. The molecule has 3 N–H and O–H groups in total. The van der Waals surface area contributed by atoms with Crippen LogP contribution in [-0.4, -0.2) is 35.0 Å². The van der Waals surface area contributed by atoms with E-state index in [4.69, 9.17) is 5.73 Å². The van der Waals surface area contributed by atoms with Crippen LogP contribution in [0.2, 0.25) is 0 Å². The number of rotatable bonds is 1. The van der Waals surface area contributed by atoms with Gasteiger partial charge in [0.15, 0.2) is 17.4 Å². The van der Waals surface area contributed by atoms with Crippen molar-refractivity contribution in [2.75, 3.05) is 13.1 Å². The van der Waals surface area contributed by atoms with Crippen molar-refractivity contribution >= 4 is 5.91 Å². The number of nitrogens with two attached hydrogens (primary N) is 1. The van der Waals surface area contributed by atoms with E-state index in [9.17, 15) is 23.1 Å². The van der Waals surface area contributed by atoms with E-state index in [1.54, 1.807) is 0 Å². The molecule has 0 spiro atoms. The van der Waals surface area contributed by atoms with Gasteiger partial charge in [-0.25, -0.2) is 8.78 Å². The van der Waals surface area contributed by atoms with E-state index in [1.165, 1.54) is 4.90 Å². The number of nitrogens with zero attached hydrogens (tertiary/aromatic N) is 1. The van der Waals surface area contributed by atoms with Gasteiger partial charge in [0, 0.05) is 19.1 Å². The number of phenols is 1. The third-order valence-electron chi connectivity index (χ3n) is 4.80. The number of benzene rings is 1. The lowest BCUT2D eigenvalue weighted by molar-refractivity contribution is 0.0777. The second-order valence-corrected chi connectivity index (χ2v) is 6.11. The number of hydrogen-bond acceptors (Lipinski definition) is 3. The van der Waals surface area contributed by atoms with E-state index in [0.29, 0.717) is 19.2 Å². The quantitative estimate of drug-likeness (QED) is 0.779. The summed E-state index contributed by atoms with van der Waals surface area (Å²) in [6, 6.07) is 0.494. The molecule has 0 radical (unpaired) electrons. The topological polar surface area (TPSA) is 66.6 Å². The monoisotopic (exact) mass is 314 g/mol. The first-order valence-electron chi connectivity index (χ1n) is 7.31. The summed E-state index contributed by atoms with van der Waals surface area (Å²) >= 11 is 0. The first kappa shape index (κ1) is 15.1. The Morgan fingerprint density at radius 2 is 1.95 bits per heavy atom. The van der Waals surface area contributed by atoms with Crippen LogP contribution in [0.4, 0.5) is 13.2 Å². The summed E-state index contributed by atoms with van der Waals surface area (Å²) in [4.78, 5) is 13.8. The van der Waals surface area contributed by atoms with Crippen LogP contribution >= 0.6 is 0 Å². The summed E-state index contributed by atoms with van der Waals surface area (Å²) in [6.45, 7) is 0.806. The fourth-order valence-corrected chi connectivity index (χ4v) is 3.60. The lowest BCUT2D eigenvalue weighted by atomic mass is 9.78. The molecule has 3 atom stereocenters. The highest BCUT2D eigenvalue weighted by atomic mass is 19.2. The minimum absolute atomic E-state index is 0.000228. The third kappa shape index (κ3) is 2.33. The Bertz CT molecular complexity index is 623. The van der Waals surface area contributed by atoms with Crippen LogP contribution in [0, 0.1) is 29.3 Å². The number of phenolic OH excluding ortho intramolecular Hbond substituents is 1. The molecule has 1 aliphatic carbocycles. The van der Waals surface area contributed by atoms with Gasteiger partial charge in [-0.15, -0.1) is 0 Å². The number of hydrogen-bond donors (Lipinski definition) is 2. The van der Waals surface area contributed by atoms with Crippen molar-refractivity contribution in [1.82, 2.24) is 4.90 Å². The van der Waals surface area contributed by atoms with Crippen molar-refractivity contribution in [2.45, 2.75) is 25.3 Å². The number of fused-ring (bicyclic) bond motifs is 1. The van der Waals surface area contributed by atoms with Crippen molar-refractivity contribution in [3.05, 3.63) is 29.1 Å². The molecule has 3 rings (SSSR count). The van der Waals surface area contributed by atoms with Gasteiger partial charge in [-0.05, 0) is 30.7 Å². The highest BCUT2D eigenvalue weighted by Gasteiger charge is 2.41. The SMILES string of the molecule is NC1CCCC2CN(C(=O)c3cc(F)c(F)c(O)c3F)CC12. The zero-order valence-corrected chi connectivity index (χ0v) is 11.9. The van der Waals surface area contributed by atoms with E-state index in [1.807, 2.05) is 0 Å². The van der Waals surface area contributed by atoms with Crippen LogP contribution in [0.1, 0.15) is 29.6 Å². The van der Waals surface area contributed by atoms with Gasteiger partial charge >= 0.3 is 0 Å². The fourth-order valence-electron chi connectivity index (χ4n) is 3.60. The number of carbonyl (C=O) groups excluding carboxylic acids is 1. The molecule has 1 aliphatic heterocycles. The third-order valence-corrected chi connectivity index (χ3v) is 4.80. The average Bonchev–Trinajstić information content (AvgIpc) is 2.94. The van der Waals surface area contributed by atoms with Crippen molar-refractivity contribution in [2.24, 2.45) is 17.6 Å². The lowest BCUT2D eigenvalue weighted by Gasteiger charge is -2.29. The van der Waals surface area contributed by atoms with Crippen LogP contribution in [0.25, 0.3) is 0 Å². The first-order valence-corrected chi connectivity index (χ1v) is 7.31. The molecule has 3 unspecified atom stereocenters. The molecule has 1 heterocycles. The molecule has 4 nitrogen and oxygen atoms in total.